The fourth-order valence-electron chi connectivity index (χ4n) is 1.76. The second-order valence-corrected chi connectivity index (χ2v) is 3.69. The Morgan fingerprint density at radius 2 is 2.25 bits per heavy atom. The van der Waals surface area contributed by atoms with Crippen molar-refractivity contribution in [2.24, 2.45) is 0 Å². The van der Waals surface area contributed by atoms with Crippen molar-refractivity contribution in [3.8, 4) is 5.75 Å². The number of aryl methyl sites for hydroxylation is 1. The second kappa shape index (κ2) is 3.85. The summed E-state index contributed by atoms with van der Waals surface area (Å²) in [6.45, 7) is 5.44. The van der Waals surface area contributed by atoms with Crippen LogP contribution in [-0.4, -0.2) is 5.11 Å². The van der Waals surface area contributed by atoms with Gasteiger partial charge in [0.15, 0.2) is 0 Å². The molecule has 0 aliphatic rings. The Morgan fingerprint density at radius 1 is 1.50 bits per heavy atom. The van der Waals surface area contributed by atoms with Gasteiger partial charge in [-0.3, -0.25) is 0 Å². The molecule has 0 unspecified atom stereocenters. The lowest BCUT2D eigenvalue weighted by Crippen LogP contribution is -1.98. The molecule has 0 saturated heterocycles. The zero-order valence-electron chi connectivity index (χ0n) is 8.99. The van der Waals surface area contributed by atoms with Crippen LogP contribution in [0.3, 0.4) is 0 Å². The lowest BCUT2D eigenvalue weighted by atomic mass is 10.0. The van der Waals surface area contributed by atoms with Crippen molar-refractivity contribution in [1.82, 2.24) is 0 Å². The van der Waals surface area contributed by atoms with Crippen LogP contribution in [0.2, 0.25) is 0 Å². The van der Waals surface area contributed by atoms with Crippen molar-refractivity contribution >= 4 is 11.0 Å². The van der Waals surface area contributed by atoms with Gasteiger partial charge in [0.25, 0.3) is 0 Å². The average Bonchev–Trinajstić information content (AvgIpc) is 2.26. The van der Waals surface area contributed by atoms with E-state index in [9.17, 15) is 9.90 Å². The van der Waals surface area contributed by atoms with Crippen molar-refractivity contribution < 1.29 is 9.52 Å². The van der Waals surface area contributed by atoms with E-state index in [0.717, 1.165) is 10.9 Å². The molecular weight excluding hydrogens is 204 g/mol. The molecule has 0 bridgehead atoms. The first-order valence-corrected chi connectivity index (χ1v) is 4.99. The van der Waals surface area contributed by atoms with Gasteiger partial charge in [0, 0.05) is 17.0 Å². The molecule has 0 saturated carbocycles. The van der Waals surface area contributed by atoms with Crippen molar-refractivity contribution in [3.63, 3.8) is 0 Å². The van der Waals surface area contributed by atoms with Crippen molar-refractivity contribution in [2.75, 3.05) is 0 Å². The standard InChI is InChI=1S/C13H12O3/c1-3-4-10-12(15)8(2)7-9-5-6-11(14)16-13(9)10/h3,5-7,15H,1,4H2,2H3. The smallest absolute Gasteiger partial charge is 0.336 e. The summed E-state index contributed by atoms with van der Waals surface area (Å²) in [6, 6.07) is 4.86. The molecule has 0 fully saturated rings. The van der Waals surface area contributed by atoms with Crippen LogP contribution in [0.5, 0.6) is 5.75 Å². The molecule has 2 rings (SSSR count). The molecule has 0 spiro atoms. The third-order valence-corrected chi connectivity index (χ3v) is 2.52. The minimum absolute atomic E-state index is 0.168. The highest BCUT2D eigenvalue weighted by Crippen LogP contribution is 2.30. The largest absolute Gasteiger partial charge is 0.507 e. The minimum atomic E-state index is -0.416. The summed E-state index contributed by atoms with van der Waals surface area (Å²) in [6.07, 6.45) is 2.14. The number of aromatic hydroxyl groups is 1. The SMILES string of the molecule is C=CCc1c(O)c(C)cc2ccc(=O)oc12. The van der Waals surface area contributed by atoms with E-state index in [-0.39, 0.29) is 5.75 Å². The first kappa shape index (κ1) is 10.5. The monoisotopic (exact) mass is 216 g/mol. The van der Waals surface area contributed by atoms with Crippen molar-refractivity contribution in [1.29, 1.82) is 0 Å². The zero-order valence-corrected chi connectivity index (χ0v) is 8.99. The fraction of sp³-hybridized carbons (Fsp3) is 0.154. The Balaban J connectivity index is 2.89. The van der Waals surface area contributed by atoms with Gasteiger partial charge in [-0.1, -0.05) is 6.08 Å². The lowest BCUT2D eigenvalue weighted by Gasteiger charge is -2.08. The topological polar surface area (TPSA) is 50.4 Å². The van der Waals surface area contributed by atoms with E-state index in [4.69, 9.17) is 4.42 Å². The molecule has 1 N–H and O–H groups in total. The van der Waals surface area contributed by atoms with Crippen LogP contribution in [-0.2, 0) is 6.42 Å². The first-order valence-electron chi connectivity index (χ1n) is 4.99. The number of phenolic OH excluding ortho intramolecular Hbond substituents is 1. The van der Waals surface area contributed by atoms with Gasteiger partial charge >= 0.3 is 5.63 Å². The number of hydrogen-bond donors (Lipinski definition) is 1. The Morgan fingerprint density at radius 3 is 2.94 bits per heavy atom. The number of allylic oxidation sites excluding steroid dienone is 1. The Bertz CT molecular complexity index is 608. The number of hydrogen-bond acceptors (Lipinski definition) is 3. The maximum atomic E-state index is 11.2. The van der Waals surface area contributed by atoms with Gasteiger partial charge in [-0.15, -0.1) is 6.58 Å². The van der Waals surface area contributed by atoms with Crippen LogP contribution in [0, 0.1) is 6.92 Å². The van der Waals surface area contributed by atoms with E-state index in [1.54, 1.807) is 18.2 Å². The van der Waals surface area contributed by atoms with Crippen LogP contribution < -0.4 is 5.63 Å². The first-order chi connectivity index (χ1) is 7.63. The summed E-state index contributed by atoms with van der Waals surface area (Å²) in [5.41, 5.74) is 1.40. The number of fused-ring (bicyclic) bond motifs is 1. The van der Waals surface area contributed by atoms with Gasteiger partial charge in [-0.05, 0) is 31.0 Å². The van der Waals surface area contributed by atoms with Gasteiger partial charge in [0.1, 0.15) is 11.3 Å². The van der Waals surface area contributed by atoms with E-state index in [1.165, 1.54) is 6.07 Å². The molecule has 2 aromatic rings. The summed E-state index contributed by atoms with van der Waals surface area (Å²) in [5, 5.41) is 10.7. The summed E-state index contributed by atoms with van der Waals surface area (Å²) >= 11 is 0. The lowest BCUT2D eigenvalue weighted by molar-refractivity contribution is 0.462. The highest BCUT2D eigenvalue weighted by Gasteiger charge is 2.11. The highest BCUT2D eigenvalue weighted by atomic mass is 16.4. The third kappa shape index (κ3) is 1.60. The molecule has 82 valence electrons. The molecule has 1 heterocycles. The molecular formula is C13H12O3. The van der Waals surface area contributed by atoms with Crippen molar-refractivity contribution in [2.45, 2.75) is 13.3 Å². The molecule has 0 amide bonds. The quantitative estimate of drug-likeness (QED) is 0.620. The second-order valence-electron chi connectivity index (χ2n) is 3.69. The zero-order chi connectivity index (χ0) is 11.7. The molecule has 16 heavy (non-hydrogen) atoms. The Hall–Kier alpha value is -2.03. The molecule has 1 aromatic carbocycles. The average molecular weight is 216 g/mol. The maximum Gasteiger partial charge on any atom is 0.336 e. The van der Waals surface area contributed by atoms with Crippen LogP contribution in [0.1, 0.15) is 11.1 Å². The van der Waals surface area contributed by atoms with Crippen LogP contribution in [0.15, 0.2) is 40.1 Å². The van der Waals surface area contributed by atoms with Crippen LogP contribution >= 0.6 is 0 Å². The van der Waals surface area contributed by atoms with Crippen molar-refractivity contribution in [3.05, 3.63) is 52.4 Å². The van der Waals surface area contributed by atoms with E-state index in [2.05, 4.69) is 6.58 Å². The fourth-order valence-corrected chi connectivity index (χ4v) is 1.76. The van der Waals surface area contributed by atoms with E-state index in [0.29, 0.717) is 17.6 Å². The normalized spacial score (nSPS) is 10.6. The van der Waals surface area contributed by atoms with E-state index >= 15 is 0 Å². The molecule has 0 atom stereocenters. The van der Waals surface area contributed by atoms with E-state index < -0.39 is 5.63 Å². The summed E-state index contributed by atoms with van der Waals surface area (Å²) in [5.74, 6) is 0.168. The van der Waals surface area contributed by atoms with Crippen LogP contribution in [0.4, 0.5) is 0 Å². The molecule has 1 aromatic heterocycles. The van der Waals surface area contributed by atoms with Gasteiger partial charge in [-0.25, -0.2) is 4.79 Å². The Labute approximate surface area is 92.6 Å². The highest BCUT2D eigenvalue weighted by molar-refractivity contribution is 5.83. The van der Waals surface area contributed by atoms with Gasteiger partial charge in [0.2, 0.25) is 0 Å². The number of rotatable bonds is 2. The third-order valence-electron chi connectivity index (χ3n) is 2.52. The summed E-state index contributed by atoms with van der Waals surface area (Å²) in [7, 11) is 0. The van der Waals surface area contributed by atoms with Crippen LogP contribution in [0.25, 0.3) is 11.0 Å². The van der Waals surface area contributed by atoms with Gasteiger partial charge in [-0.2, -0.15) is 0 Å². The number of benzene rings is 1. The molecule has 3 heteroatoms. The molecule has 0 aliphatic heterocycles. The Kier molecular flexibility index (Phi) is 2.52. The predicted molar refractivity (Wildman–Crippen MR) is 62.8 cm³/mol. The summed E-state index contributed by atoms with van der Waals surface area (Å²) < 4.78 is 5.12. The van der Waals surface area contributed by atoms with Gasteiger partial charge < -0.3 is 9.52 Å². The number of phenols is 1. The molecule has 0 radical (unpaired) electrons. The molecule has 0 aliphatic carbocycles. The van der Waals surface area contributed by atoms with Gasteiger partial charge in [0.05, 0.1) is 0 Å². The van der Waals surface area contributed by atoms with E-state index in [1.807, 2.05) is 6.92 Å². The summed E-state index contributed by atoms with van der Waals surface area (Å²) in [4.78, 5) is 11.2. The predicted octanol–water partition coefficient (Wildman–Crippen LogP) is 2.54. The molecule has 3 nitrogen and oxygen atoms in total. The minimum Gasteiger partial charge on any atom is -0.507 e. The maximum absolute atomic E-state index is 11.2.